The van der Waals surface area contributed by atoms with E-state index in [-0.39, 0.29) is 10.6 Å². The minimum atomic E-state index is -3.30. The van der Waals surface area contributed by atoms with E-state index in [1.165, 1.54) is 30.7 Å². The predicted octanol–water partition coefficient (Wildman–Crippen LogP) is 2.54. The molecule has 10 heteroatoms. The van der Waals surface area contributed by atoms with Crippen molar-refractivity contribution in [2.75, 3.05) is 12.9 Å². The lowest BCUT2D eigenvalue weighted by Crippen LogP contribution is -2.43. The van der Waals surface area contributed by atoms with Gasteiger partial charge in [0, 0.05) is 18.0 Å². The van der Waals surface area contributed by atoms with Crippen molar-refractivity contribution >= 4 is 15.6 Å². The fourth-order valence-corrected chi connectivity index (χ4v) is 2.92. The largest absolute Gasteiger partial charge is 0.386 e. The number of nitrogens with one attached hydrogen (secondary N) is 2. The molecule has 0 saturated carbocycles. The van der Waals surface area contributed by atoms with E-state index >= 15 is 0 Å². The van der Waals surface area contributed by atoms with E-state index in [0.29, 0.717) is 11.1 Å². The van der Waals surface area contributed by atoms with Gasteiger partial charge in [-0.3, -0.25) is 4.79 Å². The topological polar surface area (TPSA) is 103 Å². The number of amides is 1. The maximum Gasteiger partial charge on any atom is 0.315 e. The van der Waals surface area contributed by atoms with Gasteiger partial charge in [-0.05, 0) is 17.2 Å². The molecule has 0 aliphatic heterocycles. The number of halogens is 3. The van der Waals surface area contributed by atoms with Crippen LogP contribution in [0.2, 0.25) is 0 Å². The second-order valence-corrected chi connectivity index (χ2v) is 7.97. The second kappa shape index (κ2) is 8.49. The Balaban J connectivity index is 2.17. The summed E-state index contributed by atoms with van der Waals surface area (Å²) < 4.78 is 56.7. The average Bonchev–Trinajstić information content (AvgIpc) is 2.64. The van der Waals surface area contributed by atoms with Gasteiger partial charge in [0.25, 0.3) is 5.91 Å². The van der Waals surface area contributed by atoms with Crippen molar-refractivity contribution in [1.82, 2.24) is 10.3 Å². The van der Waals surface area contributed by atoms with Crippen LogP contribution in [0, 0.1) is 4.78 Å². The highest BCUT2D eigenvalue weighted by atomic mass is 32.2. The highest BCUT2D eigenvalue weighted by molar-refractivity contribution is 7.91. The predicted molar refractivity (Wildman–Crippen MR) is 93.6 cm³/mol. The summed E-state index contributed by atoms with van der Waals surface area (Å²) in [6, 6.07) is 7.77. The fourth-order valence-electron chi connectivity index (χ4n) is 2.33. The minimum Gasteiger partial charge on any atom is -0.386 e. The van der Waals surface area contributed by atoms with E-state index in [1.54, 1.807) is 23.5 Å². The Morgan fingerprint density at radius 1 is 1.22 bits per heavy atom. The monoisotopic (exact) mass is 401 g/mol. The Morgan fingerprint density at radius 2 is 1.81 bits per heavy atom. The molecule has 6 nitrogen and oxygen atoms in total. The number of aromatic nitrogens is 1. The zero-order chi connectivity index (χ0) is 20.2. The van der Waals surface area contributed by atoms with E-state index in [2.05, 4.69) is 4.98 Å². The molecule has 1 heterocycles. The fraction of sp³-hybridized carbons (Fsp3) is 0.294. The summed E-state index contributed by atoms with van der Waals surface area (Å²) in [4.78, 5) is 15.0. The number of rotatable bonds is 7. The smallest absolute Gasteiger partial charge is 0.315 e. The molecule has 0 spiro atoms. The summed E-state index contributed by atoms with van der Waals surface area (Å²) in [7, 11) is -2.92. The molecule has 146 valence electrons. The molecule has 0 aliphatic carbocycles. The first-order chi connectivity index (χ1) is 12.6. The van der Waals surface area contributed by atoms with Gasteiger partial charge < -0.3 is 10.4 Å². The highest BCUT2D eigenvalue weighted by Crippen LogP contribution is 2.24. The summed E-state index contributed by atoms with van der Waals surface area (Å²) in [5.41, 5.74) is 1.59. The summed E-state index contributed by atoms with van der Waals surface area (Å²) in [6.07, 6.45) is -2.09. The molecule has 0 radical (unpaired) electrons. The number of nitrogens with zero attached hydrogens (tertiary/aromatic N) is 1. The van der Waals surface area contributed by atoms with Gasteiger partial charge >= 0.3 is 6.43 Å². The number of carbonyl (C=O) groups excluding carboxylic acids is 1. The summed E-state index contributed by atoms with van der Waals surface area (Å²) >= 11 is 0. The molecule has 0 saturated heterocycles. The zero-order valence-electron chi connectivity index (χ0n) is 14.2. The molecule has 1 amide bonds. The summed E-state index contributed by atoms with van der Waals surface area (Å²) in [5, 5.41) is 12.0. The molecule has 1 aromatic carbocycles. The highest BCUT2D eigenvalue weighted by Gasteiger charge is 2.26. The minimum absolute atomic E-state index is 0.152. The van der Waals surface area contributed by atoms with Gasteiger partial charge in [0.2, 0.25) is 0 Å². The number of hydrogen-bond acceptors (Lipinski definition) is 5. The molecule has 1 aromatic heterocycles. The molecule has 2 rings (SSSR count). The lowest BCUT2D eigenvalue weighted by Gasteiger charge is -2.22. The Labute approximate surface area is 154 Å². The molecule has 2 aromatic rings. The first-order valence-electron chi connectivity index (χ1n) is 7.76. The van der Waals surface area contributed by atoms with E-state index in [4.69, 9.17) is 4.78 Å². The number of hydrogen-bond donors (Lipinski definition) is 3. The zero-order valence-corrected chi connectivity index (χ0v) is 15.1. The Bertz CT molecular complexity index is 888. The van der Waals surface area contributed by atoms with Gasteiger partial charge in [-0.25, -0.2) is 18.4 Å². The standard InChI is InChI=1S/C17H18F3N3O3S/c1-27(21,26)14-7-6-12(9-22-14)10-2-4-11(5-3-10)15(24)13(8-18)23-17(25)16(19)20/h2-7,9,13,15-16,21,24H,8H2,1H3,(H,23,25)/t13-,15-,27?/m1/s1. The molecular weight excluding hydrogens is 383 g/mol. The van der Waals surface area contributed by atoms with Gasteiger partial charge in [0.1, 0.15) is 17.8 Å². The maximum atomic E-state index is 13.0. The Hall–Kier alpha value is -2.46. The van der Waals surface area contributed by atoms with Crippen molar-refractivity contribution < 1.29 is 27.3 Å². The quantitative estimate of drug-likeness (QED) is 0.663. The molecule has 3 N–H and O–H groups in total. The van der Waals surface area contributed by atoms with Crippen LogP contribution in [0.15, 0.2) is 47.6 Å². The van der Waals surface area contributed by atoms with Crippen molar-refractivity contribution in [1.29, 1.82) is 4.78 Å². The number of pyridine rings is 1. The van der Waals surface area contributed by atoms with Crippen LogP contribution in [0.4, 0.5) is 13.2 Å². The van der Waals surface area contributed by atoms with Gasteiger partial charge in [-0.1, -0.05) is 30.3 Å². The number of aliphatic hydroxyl groups is 1. The number of alkyl halides is 3. The van der Waals surface area contributed by atoms with Crippen molar-refractivity contribution in [2.24, 2.45) is 0 Å². The van der Waals surface area contributed by atoms with Gasteiger partial charge in [-0.15, -0.1) is 0 Å². The third kappa shape index (κ3) is 5.27. The first kappa shape index (κ1) is 20.8. The number of aliphatic hydroxyl groups excluding tert-OH is 1. The van der Waals surface area contributed by atoms with Crippen LogP contribution in [-0.2, 0) is 14.5 Å². The van der Waals surface area contributed by atoms with Crippen molar-refractivity contribution in [3.8, 4) is 11.1 Å². The maximum absolute atomic E-state index is 13.0. The van der Waals surface area contributed by atoms with E-state index in [1.807, 2.05) is 0 Å². The van der Waals surface area contributed by atoms with Crippen LogP contribution in [0.1, 0.15) is 11.7 Å². The van der Waals surface area contributed by atoms with Gasteiger partial charge in [0.15, 0.2) is 0 Å². The normalized spacial score (nSPS) is 15.8. The third-order valence-electron chi connectivity index (χ3n) is 3.79. The SMILES string of the molecule is CS(=N)(=O)c1ccc(-c2ccc([C@@H](O)[C@@H](CF)NC(=O)C(F)F)cc2)cn1. The van der Waals surface area contributed by atoms with Gasteiger partial charge in [-0.2, -0.15) is 8.78 Å². The lowest BCUT2D eigenvalue weighted by molar-refractivity contribution is -0.133. The lowest BCUT2D eigenvalue weighted by atomic mass is 9.99. The molecular formula is C17H18F3N3O3S. The molecule has 0 bridgehead atoms. The van der Waals surface area contributed by atoms with Crippen molar-refractivity contribution in [3.05, 3.63) is 48.2 Å². The average molecular weight is 401 g/mol. The molecule has 3 atom stereocenters. The van der Waals surface area contributed by atoms with Crippen LogP contribution in [0.25, 0.3) is 11.1 Å². The van der Waals surface area contributed by atoms with Crippen LogP contribution in [0.3, 0.4) is 0 Å². The van der Waals surface area contributed by atoms with E-state index < -0.39 is 40.9 Å². The van der Waals surface area contributed by atoms with Crippen molar-refractivity contribution in [2.45, 2.75) is 23.6 Å². The molecule has 0 fully saturated rings. The number of carbonyl (C=O) groups is 1. The van der Waals surface area contributed by atoms with E-state index in [9.17, 15) is 27.3 Å². The van der Waals surface area contributed by atoms with Crippen LogP contribution in [-0.4, -0.2) is 45.6 Å². The summed E-state index contributed by atoms with van der Waals surface area (Å²) in [6.45, 7) is -1.21. The Morgan fingerprint density at radius 3 is 2.26 bits per heavy atom. The van der Waals surface area contributed by atoms with Crippen LogP contribution in [0.5, 0.6) is 0 Å². The Kier molecular flexibility index (Phi) is 6.55. The molecule has 1 unspecified atom stereocenters. The van der Waals surface area contributed by atoms with Crippen molar-refractivity contribution in [3.63, 3.8) is 0 Å². The molecule has 27 heavy (non-hydrogen) atoms. The first-order valence-corrected chi connectivity index (χ1v) is 9.73. The van der Waals surface area contributed by atoms with Gasteiger partial charge in [0.05, 0.1) is 15.8 Å². The third-order valence-corrected chi connectivity index (χ3v) is 4.83. The van der Waals surface area contributed by atoms with Crippen LogP contribution < -0.4 is 5.32 Å². The van der Waals surface area contributed by atoms with E-state index in [0.717, 1.165) is 0 Å². The summed E-state index contributed by atoms with van der Waals surface area (Å²) in [5.74, 6) is -1.65. The molecule has 0 aliphatic rings. The number of benzene rings is 1. The second-order valence-electron chi connectivity index (χ2n) is 5.87. The van der Waals surface area contributed by atoms with Crippen LogP contribution >= 0.6 is 0 Å².